The molecule has 2 amide bonds. The molecule has 2 heterocycles. The summed E-state index contributed by atoms with van der Waals surface area (Å²) in [6, 6.07) is 0.117. The highest BCUT2D eigenvalue weighted by atomic mass is 16.2. The highest BCUT2D eigenvalue weighted by molar-refractivity contribution is 5.98. The maximum Gasteiger partial charge on any atom is 0.229 e. The molecular weight excluding hydrogens is 230 g/mol. The molecule has 0 aliphatic carbocycles. The van der Waals surface area contributed by atoms with Crippen LogP contribution in [0, 0.1) is 5.92 Å². The van der Waals surface area contributed by atoms with Crippen LogP contribution < -0.4 is 5.73 Å². The first-order valence-electron chi connectivity index (χ1n) is 6.89. The minimum atomic E-state index is 0.0241. The topological polar surface area (TPSA) is 66.6 Å². The molecule has 2 aliphatic heterocycles. The molecule has 0 saturated carbocycles. The highest BCUT2D eigenvalue weighted by Gasteiger charge is 2.36. The van der Waals surface area contributed by atoms with Crippen molar-refractivity contribution in [1.82, 2.24) is 9.80 Å². The van der Waals surface area contributed by atoms with Crippen LogP contribution in [0.25, 0.3) is 0 Å². The average molecular weight is 253 g/mol. The van der Waals surface area contributed by atoms with Crippen LogP contribution in [0.2, 0.25) is 0 Å². The quantitative estimate of drug-likeness (QED) is 0.729. The molecule has 0 spiro atoms. The Kier molecular flexibility index (Phi) is 4.35. The summed E-state index contributed by atoms with van der Waals surface area (Å²) in [7, 11) is 0. The van der Waals surface area contributed by atoms with E-state index in [-0.39, 0.29) is 23.8 Å². The third-order valence-electron chi connectivity index (χ3n) is 3.95. The smallest absolute Gasteiger partial charge is 0.229 e. The third kappa shape index (κ3) is 2.90. The van der Waals surface area contributed by atoms with Crippen molar-refractivity contribution in [2.24, 2.45) is 11.7 Å². The number of rotatable bonds is 3. The number of carbonyl (C=O) groups is 2. The number of imide groups is 1. The van der Waals surface area contributed by atoms with Gasteiger partial charge in [0.05, 0.1) is 0 Å². The Morgan fingerprint density at radius 1 is 1.17 bits per heavy atom. The zero-order valence-electron chi connectivity index (χ0n) is 11.1. The van der Waals surface area contributed by atoms with Crippen molar-refractivity contribution in [2.75, 3.05) is 26.2 Å². The molecule has 0 unspecified atom stereocenters. The SMILES string of the molecule is CC1CC(=O)N(C2CCN(CCN)CC2)C(=O)C1. The van der Waals surface area contributed by atoms with Crippen LogP contribution >= 0.6 is 0 Å². The monoisotopic (exact) mass is 253 g/mol. The van der Waals surface area contributed by atoms with Crippen LogP contribution in [0.4, 0.5) is 0 Å². The van der Waals surface area contributed by atoms with E-state index >= 15 is 0 Å². The normalized spacial score (nSPS) is 24.9. The summed E-state index contributed by atoms with van der Waals surface area (Å²) in [5.41, 5.74) is 5.54. The molecule has 0 atom stereocenters. The first kappa shape index (κ1) is 13.5. The van der Waals surface area contributed by atoms with Crippen LogP contribution in [0.15, 0.2) is 0 Å². The van der Waals surface area contributed by atoms with E-state index in [0.29, 0.717) is 19.4 Å². The van der Waals surface area contributed by atoms with E-state index in [4.69, 9.17) is 5.73 Å². The van der Waals surface area contributed by atoms with E-state index in [0.717, 1.165) is 32.5 Å². The largest absolute Gasteiger partial charge is 0.329 e. The van der Waals surface area contributed by atoms with Gasteiger partial charge in [-0.2, -0.15) is 0 Å². The number of likely N-dealkylation sites (tertiary alicyclic amines) is 2. The van der Waals surface area contributed by atoms with Crippen molar-refractivity contribution in [3.05, 3.63) is 0 Å². The van der Waals surface area contributed by atoms with E-state index in [1.54, 1.807) is 4.90 Å². The van der Waals surface area contributed by atoms with Crippen molar-refractivity contribution in [3.63, 3.8) is 0 Å². The van der Waals surface area contributed by atoms with Crippen molar-refractivity contribution < 1.29 is 9.59 Å². The predicted octanol–water partition coefficient (Wildman–Crippen LogP) is 0.195. The maximum absolute atomic E-state index is 12.0. The number of hydrogen-bond acceptors (Lipinski definition) is 4. The Labute approximate surface area is 108 Å². The molecule has 0 bridgehead atoms. The van der Waals surface area contributed by atoms with Crippen molar-refractivity contribution >= 4 is 11.8 Å². The zero-order chi connectivity index (χ0) is 13.1. The Bertz CT molecular complexity index is 306. The summed E-state index contributed by atoms with van der Waals surface area (Å²) in [5, 5.41) is 0. The lowest BCUT2D eigenvalue weighted by Crippen LogP contribution is -2.53. The number of piperidine rings is 2. The fraction of sp³-hybridized carbons (Fsp3) is 0.846. The number of hydrogen-bond donors (Lipinski definition) is 1. The molecule has 2 aliphatic rings. The summed E-state index contributed by atoms with van der Waals surface area (Å²) >= 11 is 0. The summed E-state index contributed by atoms with van der Waals surface area (Å²) in [6.07, 6.45) is 2.83. The number of nitrogens with two attached hydrogens (primary N) is 1. The summed E-state index contributed by atoms with van der Waals surface area (Å²) in [5.74, 6) is 0.255. The molecule has 5 heteroatoms. The standard InChI is InChI=1S/C13H23N3O2/c1-10-8-12(17)16(13(18)9-10)11-2-5-15(6-3-11)7-4-14/h10-11H,2-9,14H2,1H3. The van der Waals surface area contributed by atoms with Crippen LogP contribution in [-0.4, -0.2) is 53.8 Å². The first-order chi connectivity index (χ1) is 8.61. The Hall–Kier alpha value is -0.940. The van der Waals surface area contributed by atoms with E-state index < -0.39 is 0 Å². The van der Waals surface area contributed by atoms with Gasteiger partial charge in [-0.25, -0.2) is 0 Å². The molecule has 2 saturated heterocycles. The van der Waals surface area contributed by atoms with Gasteiger partial charge < -0.3 is 10.6 Å². The second kappa shape index (κ2) is 5.80. The van der Waals surface area contributed by atoms with Gasteiger partial charge in [-0.3, -0.25) is 14.5 Å². The van der Waals surface area contributed by atoms with Gasteiger partial charge in [0.1, 0.15) is 0 Å². The van der Waals surface area contributed by atoms with E-state index in [1.165, 1.54) is 0 Å². The fourth-order valence-corrected chi connectivity index (χ4v) is 3.00. The Morgan fingerprint density at radius 3 is 2.22 bits per heavy atom. The van der Waals surface area contributed by atoms with Gasteiger partial charge in [-0.15, -0.1) is 0 Å². The van der Waals surface area contributed by atoms with Crippen molar-refractivity contribution in [2.45, 2.75) is 38.6 Å². The zero-order valence-corrected chi connectivity index (χ0v) is 11.1. The predicted molar refractivity (Wildman–Crippen MR) is 68.8 cm³/mol. The number of amides is 2. The van der Waals surface area contributed by atoms with Crippen molar-refractivity contribution in [3.8, 4) is 0 Å². The molecule has 18 heavy (non-hydrogen) atoms. The second-order valence-electron chi connectivity index (χ2n) is 5.53. The molecule has 0 aromatic carbocycles. The van der Waals surface area contributed by atoms with Crippen LogP contribution in [0.5, 0.6) is 0 Å². The molecule has 0 radical (unpaired) electrons. The Balaban J connectivity index is 1.92. The molecule has 0 aromatic heterocycles. The van der Waals surface area contributed by atoms with Gasteiger partial charge >= 0.3 is 0 Å². The maximum atomic E-state index is 12.0. The minimum Gasteiger partial charge on any atom is -0.329 e. The minimum absolute atomic E-state index is 0.0241. The van der Waals surface area contributed by atoms with Gasteiger partial charge in [0.25, 0.3) is 0 Å². The van der Waals surface area contributed by atoms with Crippen LogP contribution in [-0.2, 0) is 9.59 Å². The first-order valence-corrected chi connectivity index (χ1v) is 6.89. The van der Waals surface area contributed by atoms with Gasteiger partial charge in [-0.1, -0.05) is 6.92 Å². The summed E-state index contributed by atoms with van der Waals surface area (Å²) in [6.45, 7) is 5.43. The lowest BCUT2D eigenvalue weighted by molar-refractivity contribution is -0.153. The molecule has 2 N–H and O–H groups in total. The third-order valence-corrected chi connectivity index (χ3v) is 3.95. The van der Waals surface area contributed by atoms with Gasteiger partial charge in [0, 0.05) is 45.1 Å². The van der Waals surface area contributed by atoms with E-state index in [1.807, 2.05) is 6.92 Å². The van der Waals surface area contributed by atoms with E-state index in [2.05, 4.69) is 4.90 Å². The fourth-order valence-electron chi connectivity index (χ4n) is 3.00. The lowest BCUT2D eigenvalue weighted by atomic mass is 9.93. The van der Waals surface area contributed by atoms with E-state index in [9.17, 15) is 9.59 Å². The number of carbonyl (C=O) groups excluding carboxylic acids is 2. The number of nitrogens with zero attached hydrogens (tertiary/aromatic N) is 2. The average Bonchev–Trinajstić information content (AvgIpc) is 2.30. The van der Waals surface area contributed by atoms with Gasteiger partial charge in [0.15, 0.2) is 0 Å². The lowest BCUT2D eigenvalue weighted by Gasteiger charge is -2.39. The molecule has 5 nitrogen and oxygen atoms in total. The summed E-state index contributed by atoms with van der Waals surface area (Å²) < 4.78 is 0. The van der Waals surface area contributed by atoms with Crippen LogP contribution in [0.1, 0.15) is 32.6 Å². The van der Waals surface area contributed by atoms with Gasteiger partial charge in [0.2, 0.25) is 11.8 Å². The second-order valence-corrected chi connectivity index (χ2v) is 5.53. The molecule has 0 aromatic rings. The van der Waals surface area contributed by atoms with Crippen LogP contribution in [0.3, 0.4) is 0 Å². The molecule has 2 fully saturated rings. The molecular formula is C13H23N3O2. The van der Waals surface area contributed by atoms with Crippen molar-refractivity contribution in [1.29, 1.82) is 0 Å². The van der Waals surface area contributed by atoms with Gasteiger partial charge in [-0.05, 0) is 18.8 Å². The summed E-state index contributed by atoms with van der Waals surface area (Å²) in [4.78, 5) is 27.8. The highest BCUT2D eigenvalue weighted by Crippen LogP contribution is 2.25. The Morgan fingerprint density at radius 2 is 1.72 bits per heavy atom. The molecule has 102 valence electrons. The molecule has 2 rings (SSSR count).